The van der Waals surface area contributed by atoms with Crippen molar-refractivity contribution in [3.8, 4) is 0 Å². The Kier molecular flexibility index (Phi) is 6.30. The first-order valence-electron chi connectivity index (χ1n) is 6.76. The lowest BCUT2D eigenvalue weighted by Crippen LogP contribution is -2.45. The lowest BCUT2D eigenvalue weighted by Gasteiger charge is -2.20. The van der Waals surface area contributed by atoms with Gasteiger partial charge in [-0.1, -0.05) is 44.6 Å². The van der Waals surface area contributed by atoms with Crippen LogP contribution >= 0.6 is 12.2 Å². The zero-order valence-corrected chi connectivity index (χ0v) is 12.9. The van der Waals surface area contributed by atoms with Crippen LogP contribution in [0.3, 0.4) is 0 Å². The van der Waals surface area contributed by atoms with E-state index < -0.39 is 17.9 Å². The minimum atomic E-state index is -1.03. The van der Waals surface area contributed by atoms with E-state index in [4.69, 9.17) is 18.0 Å². The number of carbonyl (C=O) groups excluding carboxylic acids is 1. The Morgan fingerprint density at radius 3 is 2.62 bits per heavy atom. The van der Waals surface area contributed by atoms with Crippen molar-refractivity contribution in [3.05, 3.63) is 35.4 Å². The molecule has 1 aromatic rings. The van der Waals surface area contributed by atoms with E-state index in [1.165, 1.54) is 0 Å². The maximum atomic E-state index is 12.2. The van der Waals surface area contributed by atoms with Crippen LogP contribution in [-0.4, -0.2) is 28.0 Å². The van der Waals surface area contributed by atoms with E-state index in [0.29, 0.717) is 23.4 Å². The van der Waals surface area contributed by atoms with Crippen molar-refractivity contribution in [1.82, 2.24) is 5.32 Å². The Bertz CT molecular complexity index is 545. The van der Waals surface area contributed by atoms with Gasteiger partial charge >= 0.3 is 5.97 Å². The normalized spacial score (nSPS) is 13.2. The van der Waals surface area contributed by atoms with E-state index in [0.717, 1.165) is 5.56 Å². The zero-order chi connectivity index (χ0) is 16.0. The van der Waals surface area contributed by atoms with Gasteiger partial charge in [0, 0.05) is 12.0 Å². The summed E-state index contributed by atoms with van der Waals surface area (Å²) in [6, 6.07) is 5.94. The van der Waals surface area contributed by atoms with Gasteiger partial charge in [-0.25, -0.2) is 4.79 Å². The third-order valence-corrected chi connectivity index (χ3v) is 3.48. The van der Waals surface area contributed by atoms with Crippen LogP contribution in [0.25, 0.3) is 0 Å². The summed E-state index contributed by atoms with van der Waals surface area (Å²) >= 11 is 4.84. The molecule has 0 heterocycles. The average Bonchev–Trinajstić information content (AvgIpc) is 2.42. The van der Waals surface area contributed by atoms with Crippen LogP contribution in [0, 0.1) is 5.92 Å². The molecule has 5 nitrogen and oxygen atoms in total. The molecule has 0 radical (unpaired) electrons. The number of nitrogens with two attached hydrogens (primary N) is 1. The van der Waals surface area contributed by atoms with Crippen molar-refractivity contribution < 1.29 is 14.7 Å². The minimum absolute atomic E-state index is 0.147. The highest BCUT2D eigenvalue weighted by atomic mass is 32.1. The third-order valence-electron chi connectivity index (χ3n) is 3.33. The molecule has 4 N–H and O–H groups in total. The quantitative estimate of drug-likeness (QED) is 0.667. The Balaban J connectivity index is 2.87. The highest BCUT2D eigenvalue weighted by Crippen LogP contribution is 2.11. The van der Waals surface area contributed by atoms with Gasteiger partial charge in [0.1, 0.15) is 6.04 Å². The number of hydrogen-bond acceptors (Lipinski definition) is 3. The Labute approximate surface area is 129 Å². The van der Waals surface area contributed by atoms with Gasteiger partial charge in [-0.3, -0.25) is 4.79 Å². The topological polar surface area (TPSA) is 92.4 Å². The van der Waals surface area contributed by atoms with Crippen LogP contribution < -0.4 is 11.1 Å². The molecule has 1 rings (SSSR count). The number of carbonyl (C=O) groups is 2. The average molecular weight is 308 g/mol. The fourth-order valence-corrected chi connectivity index (χ4v) is 2.10. The van der Waals surface area contributed by atoms with Crippen LogP contribution in [0.5, 0.6) is 0 Å². The number of hydrogen-bond donors (Lipinski definition) is 3. The largest absolute Gasteiger partial charge is 0.480 e. The second-order valence-corrected chi connectivity index (χ2v) is 5.54. The monoisotopic (exact) mass is 308 g/mol. The van der Waals surface area contributed by atoms with Crippen LogP contribution in [0.1, 0.15) is 36.2 Å². The molecule has 0 bridgehead atoms. The van der Waals surface area contributed by atoms with Gasteiger partial charge in [0.15, 0.2) is 0 Å². The second-order valence-electron chi connectivity index (χ2n) is 5.02. The van der Waals surface area contributed by atoms with E-state index in [1.807, 2.05) is 13.0 Å². The summed E-state index contributed by atoms with van der Waals surface area (Å²) in [6.45, 7) is 3.68. The number of thiocarbonyl (C=S) groups is 1. The van der Waals surface area contributed by atoms with Crippen LogP contribution in [-0.2, 0) is 11.2 Å². The first-order valence-corrected chi connectivity index (χ1v) is 7.16. The van der Waals surface area contributed by atoms with Gasteiger partial charge < -0.3 is 16.2 Å². The summed E-state index contributed by atoms with van der Waals surface area (Å²) in [5, 5.41) is 11.8. The SMILES string of the molecule is CCC(C)C(NC(=O)c1cccc(CC(N)=S)c1)C(=O)O. The molecule has 0 aliphatic heterocycles. The predicted octanol–water partition coefficient (Wildman–Crippen LogP) is 1.74. The van der Waals surface area contributed by atoms with Crippen molar-refractivity contribution in [2.24, 2.45) is 11.7 Å². The minimum Gasteiger partial charge on any atom is -0.480 e. The number of carboxylic acids is 1. The summed E-state index contributed by atoms with van der Waals surface area (Å²) in [5.41, 5.74) is 6.71. The maximum Gasteiger partial charge on any atom is 0.326 e. The summed E-state index contributed by atoms with van der Waals surface area (Å²) in [4.78, 5) is 23.8. The van der Waals surface area contributed by atoms with Crippen molar-refractivity contribution >= 4 is 29.1 Å². The van der Waals surface area contributed by atoms with Crippen LogP contribution in [0.4, 0.5) is 0 Å². The van der Waals surface area contributed by atoms with Crippen molar-refractivity contribution in [1.29, 1.82) is 0 Å². The standard InChI is InChI=1S/C15H20N2O3S/c1-3-9(2)13(15(19)20)17-14(18)11-6-4-5-10(7-11)8-12(16)21/h4-7,9,13H,3,8H2,1-2H3,(H2,16,21)(H,17,18)(H,19,20). The number of aliphatic carboxylic acids is 1. The molecule has 0 aliphatic rings. The van der Waals surface area contributed by atoms with E-state index in [-0.39, 0.29) is 5.92 Å². The molecule has 0 spiro atoms. The van der Waals surface area contributed by atoms with E-state index in [1.54, 1.807) is 25.1 Å². The second kappa shape index (κ2) is 7.73. The maximum absolute atomic E-state index is 12.2. The van der Waals surface area contributed by atoms with Gasteiger partial charge in [0.25, 0.3) is 5.91 Å². The molecule has 0 saturated heterocycles. The Morgan fingerprint density at radius 1 is 1.43 bits per heavy atom. The van der Waals surface area contributed by atoms with Crippen molar-refractivity contribution in [3.63, 3.8) is 0 Å². The molecule has 0 aliphatic carbocycles. The molecule has 2 atom stereocenters. The number of benzene rings is 1. The van der Waals surface area contributed by atoms with Gasteiger partial charge in [-0.2, -0.15) is 0 Å². The summed E-state index contributed by atoms with van der Waals surface area (Å²) < 4.78 is 0. The van der Waals surface area contributed by atoms with Gasteiger partial charge in [-0.15, -0.1) is 0 Å². The summed E-state index contributed by atoms with van der Waals surface area (Å²) in [7, 11) is 0. The highest BCUT2D eigenvalue weighted by molar-refractivity contribution is 7.80. The van der Waals surface area contributed by atoms with Crippen LogP contribution in [0.2, 0.25) is 0 Å². The molecule has 114 valence electrons. The lowest BCUT2D eigenvalue weighted by atomic mass is 9.98. The fraction of sp³-hybridized carbons (Fsp3) is 0.400. The van der Waals surface area contributed by atoms with Crippen LogP contribution in [0.15, 0.2) is 24.3 Å². The van der Waals surface area contributed by atoms with Crippen molar-refractivity contribution in [2.45, 2.75) is 32.7 Å². The zero-order valence-electron chi connectivity index (χ0n) is 12.1. The smallest absolute Gasteiger partial charge is 0.326 e. The number of nitrogens with one attached hydrogen (secondary N) is 1. The summed E-state index contributed by atoms with van der Waals surface area (Å²) in [5.74, 6) is -1.59. The molecule has 0 fully saturated rings. The van der Waals surface area contributed by atoms with Gasteiger partial charge in [-0.05, 0) is 23.6 Å². The van der Waals surface area contributed by atoms with Gasteiger partial charge in [0.05, 0.1) is 4.99 Å². The lowest BCUT2D eigenvalue weighted by molar-refractivity contribution is -0.140. The Morgan fingerprint density at radius 2 is 2.10 bits per heavy atom. The van der Waals surface area contributed by atoms with E-state index in [9.17, 15) is 14.7 Å². The van der Waals surface area contributed by atoms with Gasteiger partial charge in [0.2, 0.25) is 0 Å². The molecule has 6 heteroatoms. The molecule has 0 saturated carbocycles. The molecule has 0 aromatic heterocycles. The third kappa shape index (κ3) is 5.15. The Hall–Kier alpha value is -1.95. The molecule has 1 amide bonds. The highest BCUT2D eigenvalue weighted by Gasteiger charge is 2.25. The molecular formula is C15H20N2O3S. The molecular weight excluding hydrogens is 288 g/mol. The molecule has 2 unspecified atom stereocenters. The number of carboxylic acid groups (broad SMARTS) is 1. The van der Waals surface area contributed by atoms with E-state index >= 15 is 0 Å². The first kappa shape index (κ1) is 17.1. The fourth-order valence-electron chi connectivity index (χ4n) is 1.93. The molecule has 1 aromatic carbocycles. The number of rotatable bonds is 7. The van der Waals surface area contributed by atoms with Crippen molar-refractivity contribution in [2.75, 3.05) is 0 Å². The number of amides is 1. The predicted molar refractivity (Wildman–Crippen MR) is 85.3 cm³/mol. The first-order chi connectivity index (χ1) is 9.85. The van der Waals surface area contributed by atoms with E-state index in [2.05, 4.69) is 5.32 Å². The molecule has 21 heavy (non-hydrogen) atoms. The summed E-state index contributed by atoms with van der Waals surface area (Å²) in [6.07, 6.45) is 1.07.